The van der Waals surface area contributed by atoms with Crippen LogP contribution in [0.2, 0.25) is 0 Å². The second kappa shape index (κ2) is 4.72. The van der Waals surface area contributed by atoms with E-state index in [0.29, 0.717) is 6.04 Å². The molecule has 92 valence electrons. The fourth-order valence-corrected chi connectivity index (χ4v) is 2.79. The standard InChI is InChI=1S/C12H23N3O/c1-9(14-6-4-5-7-14)8-15-11(3)13-10(2)12(15)16/h9-11,13H,4-8H2,1-3H3. The van der Waals surface area contributed by atoms with Gasteiger partial charge in [-0.1, -0.05) is 0 Å². The van der Waals surface area contributed by atoms with Gasteiger partial charge in [-0.15, -0.1) is 0 Å². The molecule has 2 saturated heterocycles. The molecule has 0 saturated carbocycles. The summed E-state index contributed by atoms with van der Waals surface area (Å²) in [5.41, 5.74) is 0. The molecular weight excluding hydrogens is 202 g/mol. The minimum Gasteiger partial charge on any atom is -0.325 e. The molecule has 3 unspecified atom stereocenters. The van der Waals surface area contributed by atoms with Gasteiger partial charge in [-0.05, 0) is 46.7 Å². The lowest BCUT2D eigenvalue weighted by Gasteiger charge is -2.30. The second-order valence-corrected chi connectivity index (χ2v) is 5.15. The number of likely N-dealkylation sites (tertiary alicyclic amines) is 1. The number of hydrogen-bond acceptors (Lipinski definition) is 3. The van der Waals surface area contributed by atoms with Crippen molar-refractivity contribution < 1.29 is 4.79 Å². The molecule has 0 aromatic heterocycles. The minimum atomic E-state index is -0.0132. The predicted molar refractivity (Wildman–Crippen MR) is 64.0 cm³/mol. The molecular formula is C12H23N3O. The van der Waals surface area contributed by atoms with Crippen molar-refractivity contribution in [3.05, 3.63) is 0 Å². The van der Waals surface area contributed by atoms with Gasteiger partial charge in [0.05, 0.1) is 12.2 Å². The Kier molecular flexibility index (Phi) is 3.50. The average molecular weight is 225 g/mol. The molecule has 3 atom stereocenters. The van der Waals surface area contributed by atoms with Crippen LogP contribution in [0, 0.1) is 0 Å². The Bertz CT molecular complexity index is 263. The molecule has 0 aromatic rings. The van der Waals surface area contributed by atoms with Gasteiger partial charge in [0.2, 0.25) is 5.91 Å². The highest BCUT2D eigenvalue weighted by molar-refractivity contribution is 5.83. The zero-order chi connectivity index (χ0) is 11.7. The first-order valence-corrected chi connectivity index (χ1v) is 6.40. The van der Waals surface area contributed by atoms with Crippen molar-refractivity contribution in [1.29, 1.82) is 0 Å². The molecule has 4 heteroatoms. The first kappa shape index (κ1) is 11.9. The molecule has 0 aromatic carbocycles. The molecule has 1 N–H and O–H groups in total. The van der Waals surface area contributed by atoms with E-state index in [-0.39, 0.29) is 18.1 Å². The van der Waals surface area contributed by atoms with Crippen molar-refractivity contribution in [1.82, 2.24) is 15.1 Å². The van der Waals surface area contributed by atoms with Crippen LogP contribution in [0.15, 0.2) is 0 Å². The highest BCUT2D eigenvalue weighted by atomic mass is 16.2. The van der Waals surface area contributed by atoms with Crippen LogP contribution in [0.5, 0.6) is 0 Å². The van der Waals surface area contributed by atoms with Crippen LogP contribution in [0.4, 0.5) is 0 Å². The van der Waals surface area contributed by atoms with E-state index in [1.54, 1.807) is 0 Å². The number of carbonyl (C=O) groups is 1. The van der Waals surface area contributed by atoms with Crippen molar-refractivity contribution >= 4 is 5.91 Å². The van der Waals surface area contributed by atoms with Crippen molar-refractivity contribution in [2.24, 2.45) is 0 Å². The molecule has 0 spiro atoms. The smallest absolute Gasteiger partial charge is 0.240 e. The summed E-state index contributed by atoms with van der Waals surface area (Å²) in [4.78, 5) is 16.4. The Morgan fingerprint density at radius 1 is 1.38 bits per heavy atom. The maximum Gasteiger partial charge on any atom is 0.240 e. The molecule has 0 aliphatic carbocycles. The summed E-state index contributed by atoms with van der Waals surface area (Å²) in [5, 5.41) is 3.27. The lowest BCUT2D eigenvalue weighted by molar-refractivity contribution is -0.130. The van der Waals surface area contributed by atoms with Crippen LogP contribution in [0.25, 0.3) is 0 Å². The number of nitrogens with one attached hydrogen (secondary N) is 1. The maximum absolute atomic E-state index is 11.9. The quantitative estimate of drug-likeness (QED) is 0.765. The summed E-state index contributed by atoms with van der Waals surface area (Å²) >= 11 is 0. The third kappa shape index (κ3) is 2.23. The Morgan fingerprint density at radius 2 is 2.00 bits per heavy atom. The normalized spacial score (nSPS) is 33.7. The van der Waals surface area contributed by atoms with Crippen molar-refractivity contribution in [2.45, 2.75) is 51.9 Å². The lowest BCUT2D eigenvalue weighted by atomic mass is 10.2. The average Bonchev–Trinajstić information content (AvgIpc) is 2.83. The Balaban J connectivity index is 1.90. The highest BCUT2D eigenvalue weighted by Crippen LogP contribution is 2.16. The topological polar surface area (TPSA) is 35.6 Å². The van der Waals surface area contributed by atoms with E-state index < -0.39 is 0 Å². The monoisotopic (exact) mass is 225 g/mol. The zero-order valence-electron chi connectivity index (χ0n) is 10.6. The fraction of sp³-hybridized carbons (Fsp3) is 0.917. The van der Waals surface area contributed by atoms with Gasteiger partial charge in [0.25, 0.3) is 0 Å². The van der Waals surface area contributed by atoms with Crippen LogP contribution in [0.3, 0.4) is 0 Å². The molecule has 2 heterocycles. The van der Waals surface area contributed by atoms with E-state index in [9.17, 15) is 4.79 Å². The summed E-state index contributed by atoms with van der Waals surface area (Å²) in [5.74, 6) is 0.249. The van der Waals surface area contributed by atoms with Gasteiger partial charge < -0.3 is 4.90 Å². The molecule has 2 rings (SSSR count). The molecule has 0 radical (unpaired) electrons. The Labute approximate surface area is 98.0 Å². The molecule has 2 fully saturated rings. The van der Waals surface area contributed by atoms with E-state index in [0.717, 1.165) is 6.54 Å². The van der Waals surface area contributed by atoms with Gasteiger partial charge in [0.15, 0.2) is 0 Å². The summed E-state index contributed by atoms with van der Waals surface area (Å²) in [6.07, 6.45) is 2.80. The van der Waals surface area contributed by atoms with Gasteiger partial charge in [-0.2, -0.15) is 0 Å². The Morgan fingerprint density at radius 3 is 2.50 bits per heavy atom. The van der Waals surface area contributed by atoms with E-state index >= 15 is 0 Å². The van der Waals surface area contributed by atoms with Gasteiger partial charge in [0, 0.05) is 12.6 Å². The fourth-order valence-electron chi connectivity index (χ4n) is 2.79. The molecule has 16 heavy (non-hydrogen) atoms. The lowest BCUT2D eigenvalue weighted by Crippen LogP contribution is -2.45. The van der Waals surface area contributed by atoms with E-state index in [4.69, 9.17) is 0 Å². The van der Waals surface area contributed by atoms with Crippen LogP contribution in [0.1, 0.15) is 33.6 Å². The van der Waals surface area contributed by atoms with Crippen molar-refractivity contribution in [2.75, 3.05) is 19.6 Å². The molecule has 0 bridgehead atoms. The summed E-state index contributed by atoms with van der Waals surface area (Å²) in [7, 11) is 0. The van der Waals surface area contributed by atoms with Crippen LogP contribution >= 0.6 is 0 Å². The van der Waals surface area contributed by atoms with Crippen LogP contribution in [-0.4, -0.2) is 53.6 Å². The third-order valence-electron chi connectivity index (χ3n) is 3.84. The van der Waals surface area contributed by atoms with Gasteiger partial charge in [-0.3, -0.25) is 15.0 Å². The second-order valence-electron chi connectivity index (χ2n) is 5.15. The molecule has 1 amide bonds. The number of rotatable bonds is 3. The van der Waals surface area contributed by atoms with Gasteiger partial charge in [0.1, 0.15) is 0 Å². The molecule has 4 nitrogen and oxygen atoms in total. The highest BCUT2D eigenvalue weighted by Gasteiger charge is 2.34. The van der Waals surface area contributed by atoms with E-state index in [2.05, 4.69) is 24.1 Å². The first-order chi connectivity index (χ1) is 7.59. The van der Waals surface area contributed by atoms with Gasteiger partial charge in [-0.25, -0.2) is 0 Å². The number of nitrogens with zero attached hydrogens (tertiary/aromatic N) is 2. The first-order valence-electron chi connectivity index (χ1n) is 6.40. The molecule has 2 aliphatic heterocycles. The van der Waals surface area contributed by atoms with E-state index in [1.165, 1.54) is 25.9 Å². The van der Waals surface area contributed by atoms with Crippen molar-refractivity contribution in [3.63, 3.8) is 0 Å². The minimum absolute atomic E-state index is 0.0132. The van der Waals surface area contributed by atoms with Crippen LogP contribution in [-0.2, 0) is 4.79 Å². The predicted octanol–water partition coefficient (Wildman–Crippen LogP) is 0.637. The maximum atomic E-state index is 11.9. The summed E-state index contributed by atoms with van der Waals surface area (Å²) in [6.45, 7) is 9.49. The van der Waals surface area contributed by atoms with Crippen molar-refractivity contribution in [3.8, 4) is 0 Å². The number of hydrogen-bond donors (Lipinski definition) is 1. The molecule has 2 aliphatic rings. The summed E-state index contributed by atoms with van der Waals surface area (Å²) in [6, 6.07) is 0.474. The number of amides is 1. The van der Waals surface area contributed by atoms with Gasteiger partial charge >= 0.3 is 0 Å². The zero-order valence-corrected chi connectivity index (χ0v) is 10.6. The largest absolute Gasteiger partial charge is 0.325 e. The van der Waals surface area contributed by atoms with E-state index in [1.807, 2.05) is 11.8 Å². The van der Waals surface area contributed by atoms with Crippen LogP contribution < -0.4 is 5.32 Å². The SMILES string of the molecule is CC1NC(C)N(CC(C)N2CCCC2)C1=O. The number of carbonyl (C=O) groups excluding carboxylic acids is 1. The summed E-state index contributed by atoms with van der Waals surface area (Å²) < 4.78 is 0. The third-order valence-corrected chi connectivity index (χ3v) is 3.84. The Hall–Kier alpha value is -0.610.